The maximum Gasteiger partial charge on any atom is 0.406 e. The summed E-state index contributed by atoms with van der Waals surface area (Å²) in [5.74, 6) is 0. The topological polar surface area (TPSA) is 64.3 Å². The third-order valence-corrected chi connectivity index (χ3v) is 1.26. The normalized spacial score (nSPS) is 8.82. The van der Waals surface area contributed by atoms with Gasteiger partial charge in [-0.3, -0.25) is 0 Å². The number of alkyl carbamates (subject to hydrolysis) is 1. The Bertz CT molecular complexity index is 150. The van der Waals surface area contributed by atoms with E-state index in [0.29, 0.717) is 18.0 Å². The van der Waals surface area contributed by atoms with Crippen molar-refractivity contribution in [3.8, 4) is 0 Å². The Labute approximate surface area is 71.1 Å². The standard InChI is InChI=1S/C6H12N2O2S/c1-10-6(9)8-4-2-3-5(7)11/h2-4H2,1H3,(H2,7,11)(H,8,9). The van der Waals surface area contributed by atoms with Gasteiger partial charge in [0.1, 0.15) is 0 Å². The molecular weight excluding hydrogens is 164 g/mol. The maximum atomic E-state index is 10.5. The molecule has 0 atom stereocenters. The van der Waals surface area contributed by atoms with E-state index in [-0.39, 0.29) is 0 Å². The molecule has 0 spiro atoms. The molecule has 0 heterocycles. The average Bonchev–Trinajstić information content (AvgIpc) is 1.97. The van der Waals surface area contributed by atoms with Crippen LogP contribution in [-0.2, 0) is 4.74 Å². The van der Waals surface area contributed by atoms with Gasteiger partial charge in [-0.1, -0.05) is 12.2 Å². The highest BCUT2D eigenvalue weighted by Crippen LogP contribution is 1.86. The van der Waals surface area contributed by atoms with Crippen molar-refractivity contribution < 1.29 is 9.53 Å². The third-order valence-electron chi connectivity index (χ3n) is 1.05. The van der Waals surface area contributed by atoms with Crippen LogP contribution in [0.5, 0.6) is 0 Å². The van der Waals surface area contributed by atoms with Crippen molar-refractivity contribution in [2.75, 3.05) is 13.7 Å². The molecule has 0 aromatic rings. The van der Waals surface area contributed by atoms with Crippen LogP contribution in [0, 0.1) is 0 Å². The molecule has 0 radical (unpaired) electrons. The molecule has 11 heavy (non-hydrogen) atoms. The lowest BCUT2D eigenvalue weighted by molar-refractivity contribution is 0.171. The number of amides is 1. The molecule has 0 saturated heterocycles. The molecule has 0 aliphatic heterocycles. The van der Waals surface area contributed by atoms with E-state index in [4.69, 9.17) is 5.73 Å². The predicted molar refractivity (Wildman–Crippen MR) is 46.4 cm³/mol. The van der Waals surface area contributed by atoms with Gasteiger partial charge in [-0.2, -0.15) is 0 Å². The Hall–Kier alpha value is -0.840. The zero-order valence-electron chi connectivity index (χ0n) is 6.42. The third kappa shape index (κ3) is 7.05. The lowest BCUT2D eigenvalue weighted by Gasteiger charge is -2.01. The number of nitrogens with two attached hydrogens (primary N) is 1. The fourth-order valence-corrected chi connectivity index (χ4v) is 0.670. The van der Waals surface area contributed by atoms with Gasteiger partial charge >= 0.3 is 6.09 Å². The summed E-state index contributed by atoms with van der Waals surface area (Å²) in [4.78, 5) is 10.9. The highest BCUT2D eigenvalue weighted by molar-refractivity contribution is 7.80. The van der Waals surface area contributed by atoms with Gasteiger partial charge in [-0.15, -0.1) is 0 Å². The first kappa shape index (κ1) is 10.2. The van der Waals surface area contributed by atoms with Gasteiger partial charge in [0.05, 0.1) is 12.1 Å². The van der Waals surface area contributed by atoms with Crippen LogP contribution in [0.4, 0.5) is 4.79 Å². The van der Waals surface area contributed by atoms with Gasteiger partial charge < -0.3 is 15.8 Å². The molecule has 0 aliphatic rings. The summed E-state index contributed by atoms with van der Waals surface area (Å²) >= 11 is 4.64. The molecule has 0 aliphatic carbocycles. The number of hydrogen-bond acceptors (Lipinski definition) is 3. The number of nitrogens with one attached hydrogen (secondary N) is 1. The van der Waals surface area contributed by atoms with E-state index in [0.717, 1.165) is 6.42 Å². The minimum absolute atomic E-state index is 0.423. The molecule has 0 bridgehead atoms. The summed E-state index contributed by atoms with van der Waals surface area (Å²) < 4.78 is 4.34. The van der Waals surface area contributed by atoms with E-state index in [9.17, 15) is 4.79 Å². The number of carbonyl (C=O) groups excluding carboxylic acids is 1. The second-order valence-corrected chi connectivity index (χ2v) is 2.51. The van der Waals surface area contributed by atoms with E-state index in [1.54, 1.807) is 0 Å². The number of carbonyl (C=O) groups is 1. The first-order valence-corrected chi connectivity index (χ1v) is 3.67. The molecule has 4 nitrogen and oxygen atoms in total. The summed E-state index contributed by atoms with van der Waals surface area (Å²) in [7, 11) is 1.32. The fraction of sp³-hybridized carbons (Fsp3) is 0.667. The van der Waals surface area contributed by atoms with Crippen molar-refractivity contribution >= 4 is 23.3 Å². The second kappa shape index (κ2) is 5.91. The number of methoxy groups -OCH3 is 1. The lowest BCUT2D eigenvalue weighted by atomic mass is 10.3. The Morgan fingerprint density at radius 3 is 2.82 bits per heavy atom. The first-order valence-electron chi connectivity index (χ1n) is 3.27. The van der Waals surface area contributed by atoms with Gasteiger partial charge in [0, 0.05) is 6.54 Å². The smallest absolute Gasteiger partial charge is 0.406 e. The molecule has 3 N–H and O–H groups in total. The van der Waals surface area contributed by atoms with E-state index in [2.05, 4.69) is 22.3 Å². The van der Waals surface area contributed by atoms with E-state index >= 15 is 0 Å². The zero-order chi connectivity index (χ0) is 8.69. The highest BCUT2D eigenvalue weighted by atomic mass is 32.1. The number of thiocarbonyl (C=S) groups is 1. The quantitative estimate of drug-likeness (QED) is 0.481. The summed E-state index contributed by atoms with van der Waals surface area (Å²) in [5, 5.41) is 2.51. The number of hydrogen-bond donors (Lipinski definition) is 2. The Morgan fingerprint density at radius 2 is 2.36 bits per heavy atom. The molecular formula is C6H12N2O2S. The van der Waals surface area contributed by atoms with Crippen molar-refractivity contribution in [1.82, 2.24) is 5.32 Å². The summed E-state index contributed by atoms with van der Waals surface area (Å²) in [6, 6.07) is 0. The van der Waals surface area contributed by atoms with Gasteiger partial charge in [0.15, 0.2) is 0 Å². The predicted octanol–water partition coefficient (Wildman–Crippen LogP) is 0.409. The lowest BCUT2D eigenvalue weighted by Crippen LogP contribution is -2.24. The average molecular weight is 176 g/mol. The van der Waals surface area contributed by atoms with Gasteiger partial charge in [-0.05, 0) is 12.8 Å². The van der Waals surface area contributed by atoms with Gasteiger partial charge in [0.2, 0.25) is 0 Å². The first-order chi connectivity index (χ1) is 5.16. The summed E-state index contributed by atoms with van der Waals surface area (Å²) in [6.07, 6.45) is 0.983. The van der Waals surface area contributed by atoms with Crippen molar-refractivity contribution in [1.29, 1.82) is 0 Å². The van der Waals surface area contributed by atoms with Crippen LogP contribution in [0.25, 0.3) is 0 Å². The maximum absolute atomic E-state index is 10.5. The minimum atomic E-state index is -0.423. The zero-order valence-corrected chi connectivity index (χ0v) is 7.24. The highest BCUT2D eigenvalue weighted by Gasteiger charge is 1.96. The van der Waals surface area contributed by atoms with Crippen LogP contribution in [0.2, 0.25) is 0 Å². The number of rotatable bonds is 4. The fourth-order valence-electron chi connectivity index (χ4n) is 0.525. The van der Waals surface area contributed by atoms with Gasteiger partial charge in [-0.25, -0.2) is 4.79 Å². The minimum Gasteiger partial charge on any atom is -0.453 e. The summed E-state index contributed by atoms with van der Waals surface area (Å²) in [6.45, 7) is 0.546. The van der Waals surface area contributed by atoms with Crippen LogP contribution in [0.15, 0.2) is 0 Å². The van der Waals surface area contributed by atoms with Gasteiger partial charge in [0.25, 0.3) is 0 Å². The molecule has 1 amide bonds. The van der Waals surface area contributed by atoms with E-state index < -0.39 is 6.09 Å². The molecule has 0 unspecified atom stereocenters. The summed E-state index contributed by atoms with van der Waals surface area (Å²) in [5.41, 5.74) is 5.23. The van der Waals surface area contributed by atoms with E-state index in [1.165, 1.54) is 7.11 Å². The van der Waals surface area contributed by atoms with Crippen LogP contribution in [-0.4, -0.2) is 24.7 Å². The van der Waals surface area contributed by atoms with Crippen LogP contribution in [0.1, 0.15) is 12.8 Å². The Balaban J connectivity index is 3.14. The SMILES string of the molecule is COC(=O)NCCCC(N)=S. The monoisotopic (exact) mass is 176 g/mol. The molecule has 64 valence electrons. The van der Waals surface area contributed by atoms with Crippen molar-refractivity contribution in [2.45, 2.75) is 12.8 Å². The number of ether oxygens (including phenoxy) is 1. The second-order valence-electron chi connectivity index (χ2n) is 1.99. The van der Waals surface area contributed by atoms with Crippen LogP contribution in [0.3, 0.4) is 0 Å². The van der Waals surface area contributed by atoms with Crippen molar-refractivity contribution in [3.05, 3.63) is 0 Å². The Kier molecular flexibility index (Phi) is 5.46. The molecule has 0 saturated carbocycles. The largest absolute Gasteiger partial charge is 0.453 e. The Morgan fingerprint density at radius 1 is 1.73 bits per heavy atom. The van der Waals surface area contributed by atoms with Crippen LogP contribution >= 0.6 is 12.2 Å². The van der Waals surface area contributed by atoms with E-state index in [1.807, 2.05) is 0 Å². The van der Waals surface area contributed by atoms with Crippen molar-refractivity contribution in [2.24, 2.45) is 5.73 Å². The molecule has 0 rings (SSSR count). The molecule has 0 aromatic carbocycles. The van der Waals surface area contributed by atoms with Crippen LogP contribution < -0.4 is 11.1 Å². The molecule has 0 fully saturated rings. The molecule has 5 heteroatoms. The molecule has 0 aromatic heterocycles. The van der Waals surface area contributed by atoms with Crippen molar-refractivity contribution in [3.63, 3.8) is 0 Å².